The van der Waals surface area contributed by atoms with Gasteiger partial charge in [-0.1, -0.05) is 52.4 Å². The Morgan fingerprint density at radius 2 is 1.53 bits per heavy atom. The molecule has 0 aromatic carbocycles. The third-order valence-electron chi connectivity index (χ3n) is 4.26. The molecule has 0 aromatic heterocycles. The number of rotatable bonds is 9. The molecule has 1 aliphatic carbocycles. The van der Waals surface area contributed by atoms with Crippen molar-refractivity contribution < 1.29 is 0 Å². The maximum atomic E-state index is 3.76. The van der Waals surface area contributed by atoms with Gasteiger partial charge in [-0.25, -0.2) is 0 Å². The van der Waals surface area contributed by atoms with E-state index < -0.39 is 0 Å². The van der Waals surface area contributed by atoms with Crippen LogP contribution in [0.2, 0.25) is 0 Å². The van der Waals surface area contributed by atoms with Gasteiger partial charge in [0.25, 0.3) is 0 Å². The van der Waals surface area contributed by atoms with Crippen molar-refractivity contribution in [3.8, 4) is 0 Å². The summed E-state index contributed by atoms with van der Waals surface area (Å²) in [6, 6.07) is 0.842. The first-order valence-electron chi connectivity index (χ1n) is 8.10. The molecule has 0 amide bonds. The molecule has 1 nitrogen and oxygen atoms in total. The molecule has 0 aliphatic heterocycles. The van der Waals surface area contributed by atoms with E-state index >= 15 is 0 Å². The highest BCUT2D eigenvalue weighted by molar-refractivity contribution is 4.76. The molecule has 1 saturated carbocycles. The highest BCUT2D eigenvalue weighted by Crippen LogP contribution is 2.27. The highest BCUT2D eigenvalue weighted by atomic mass is 14.9. The van der Waals surface area contributed by atoms with Gasteiger partial charge < -0.3 is 5.32 Å². The molecule has 0 spiro atoms. The molecule has 0 heterocycles. The Morgan fingerprint density at radius 3 is 2.18 bits per heavy atom. The molecule has 17 heavy (non-hydrogen) atoms. The van der Waals surface area contributed by atoms with Crippen LogP contribution in [0, 0.1) is 5.92 Å². The largest absolute Gasteiger partial charge is 0.314 e. The van der Waals surface area contributed by atoms with Gasteiger partial charge >= 0.3 is 0 Å². The summed E-state index contributed by atoms with van der Waals surface area (Å²) in [5, 5.41) is 3.76. The second kappa shape index (κ2) is 9.94. The Morgan fingerprint density at radius 1 is 0.824 bits per heavy atom. The minimum absolute atomic E-state index is 0.842. The van der Waals surface area contributed by atoms with Gasteiger partial charge in [0.15, 0.2) is 0 Å². The van der Waals surface area contributed by atoms with Gasteiger partial charge in [0.05, 0.1) is 0 Å². The summed E-state index contributed by atoms with van der Waals surface area (Å²) < 4.78 is 0. The SMILES string of the molecule is CCCCCCCNC1CCC(CCC)CC1. The van der Waals surface area contributed by atoms with E-state index in [1.165, 1.54) is 77.2 Å². The molecule has 102 valence electrons. The van der Waals surface area contributed by atoms with Crippen molar-refractivity contribution >= 4 is 0 Å². The van der Waals surface area contributed by atoms with Crippen molar-refractivity contribution in [2.75, 3.05) is 6.54 Å². The Labute approximate surface area is 109 Å². The predicted octanol–water partition coefficient (Wildman–Crippen LogP) is 4.91. The van der Waals surface area contributed by atoms with Crippen LogP contribution in [0.3, 0.4) is 0 Å². The first kappa shape index (κ1) is 15.0. The standard InChI is InChI=1S/C16H33N/c1-3-5-6-7-8-14-17-16-12-10-15(9-4-2)11-13-16/h15-17H,3-14H2,1-2H3. The predicted molar refractivity (Wildman–Crippen MR) is 77.4 cm³/mol. The van der Waals surface area contributed by atoms with Gasteiger partial charge in [0.1, 0.15) is 0 Å². The van der Waals surface area contributed by atoms with Crippen molar-refractivity contribution in [1.29, 1.82) is 0 Å². The van der Waals surface area contributed by atoms with Crippen molar-refractivity contribution in [1.82, 2.24) is 5.32 Å². The third kappa shape index (κ3) is 7.08. The maximum absolute atomic E-state index is 3.76. The van der Waals surface area contributed by atoms with Crippen LogP contribution in [0.4, 0.5) is 0 Å². The summed E-state index contributed by atoms with van der Waals surface area (Å²) in [6.45, 7) is 5.86. The molecule has 0 radical (unpaired) electrons. The van der Waals surface area contributed by atoms with Crippen molar-refractivity contribution in [2.24, 2.45) is 5.92 Å². The molecule has 0 atom stereocenters. The van der Waals surface area contributed by atoms with Crippen LogP contribution in [0.25, 0.3) is 0 Å². The van der Waals surface area contributed by atoms with Crippen molar-refractivity contribution in [3.63, 3.8) is 0 Å². The number of nitrogens with one attached hydrogen (secondary N) is 1. The lowest BCUT2D eigenvalue weighted by molar-refractivity contribution is 0.278. The summed E-state index contributed by atoms with van der Waals surface area (Å²) in [6.07, 6.45) is 15.7. The van der Waals surface area contributed by atoms with E-state index in [9.17, 15) is 0 Å². The first-order valence-corrected chi connectivity index (χ1v) is 8.10. The quantitative estimate of drug-likeness (QED) is 0.564. The van der Waals surface area contributed by atoms with Crippen LogP contribution in [0.1, 0.15) is 84.5 Å². The summed E-state index contributed by atoms with van der Waals surface area (Å²) in [4.78, 5) is 0. The molecule has 0 unspecified atom stereocenters. The van der Waals surface area contributed by atoms with Gasteiger partial charge in [-0.05, 0) is 44.6 Å². The summed E-state index contributed by atoms with van der Waals surface area (Å²) in [7, 11) is 0. The maximum Gasteiger partial charge on any atom is 0.00672 e. The number of hydrogen-bond donors (Lipinski definition) is 1. The zero-order valence-corrected chi connectivity index (χ0v) is 12.1. The molecular formula is C16H33N. The minimum Gasteiger partial charge on any atom is -0.314 e. The molecule has 0 saturated heterocycles. The third-order valence-corrected chi connectivity index (χ3v) is 4.26. The summed E-state index contributed by atoms with van der Waals surface area (Å²) in [5.74, 6) is 1.04. The zero-order chi connectivity index (χ0) is 12.3. The van der Waals surface area contributed by atoms with E-state index in [2.05, 4.69) is 19.2 Å². The Kier molecular flexibility index (Phi) is 8.78. The molecule has 1 rings (SSSR count). The van der Waals surface area contributed by atoms with E-state index in [-0.39, 0.29) is 0 Å². The molecule has 1 heteroatoms. The number of unbranched alkanes of at least 4 members (excludes halogenated alkanes) is 4. The van der Waals surface area contributed by atoms with Gasteiger partial charge in [0, 0.05) is 6.04 Å². The lowest BCUT2D eigenvalue weighted by Crippen LogP contribution is -2.33. The fourth-order valence-corrected chi connectivity index (χ4v) is 3.10. The van der Waals surface area contributed by atoms with Crippen LogP contribution < -0.4 is 5.32 Å². The summed E-state index contributed by atoms with van der Waals surface area (Å²) >= 11 is 0. The van der Waals surface area contributed by atoms with E-state index in [0.29, 0.717) is 0 Å². The molecule has 1 aliphatic rings. The minimum atomic E-state index is 0.842. The average Bonchev–Trinajstić information content (AvgIpc) is 2.36. The van der Waals surface area contributed by atoms with E-state index in [1.54, 1.807) is 0 Å². The van der Waals surface area contributed by atoms with Crippen LogP contribution in [-0.4, -0.2) is 12.6 Å². The number of hydrogen-bond acceptors (Lipinski definition) is 1. The second-order valence-corrected chi connectivity index (χ2v) is 5.87. The summed E-state index contributed by atoms with van der Waals surface area (Å²) in [5.41, 5.74) is 0. The highest BCUT2D eigenvalue weighted by Gasteiger charge is 2.19. The fraction of sp³-hybridized carbons (Fsp3) is 1.00. The lowest BCUT2D eigenvalue weighted by atomic mass is 9.83. The molecule has 1 fully saturated rings. The zero-order valence-electron chi connectivity index (χ0n) is 12.1. The van der Waals surface area contributed by atoms with Crippen LogP contribution in [0.5, 0.6) is 0 Å². The monoisotopic (exact) mass is 239 g/mol. The van der Waals surface area contributed by atoms with Gasteiger partial charge in [-0.2, -0.15) is 0 Å². The van der Waals surface area contributed by atoms with Gasteiger partial charge in [-0.15, -0.1) is 0 Å². The molecule has 0 aromatic rings. The lowest BCUT2D eigenvalue weighted by Gasteiger charge is -2.29. The van der Waals surface area contributed by atoms with Gasteiger partial charge in [-0.3, -0.25) is 0 Å². The Balaban J connectivity index is 1.91. The smallest absolute Gasteiger partial charge is 0.00672 e. The van der Waals surface area contributed by atoms with Gasteiger partial charge in [0.2, 0.25) is 0 Å². The molecular weight excluding hydrogens is 206 g/mol. The van der Waals surface area contributed by atoms with Crippen LogP contribution in [0.15, 0.2) is 0 Å². The average molecular weight is 239 g/mol. The topological polar surface area (TPSA) is 12.0 Å². The Hall–Kier alpha value is -0.0400. The van der Waals surface area contributed by atoms with E-state index in [1.807, 2.05) is 0 Å². The normalized spacial score (nSPS) is 25.1. The fourth-order valence-electron chi connectivity index (χ4n) is 3.10. The van der Waals surface area contributed by atoms with E-state index in [4.69, 9.17) is 0 Å². The molecule has 1 N–H and O–H groups in total. The first-order chi connectivity index (χ1) is 8.36. The van der Waals surface area contributed by atoms with E-state index in [0.717, 1.165) is 12.0 Å². The van der Waals surface area contributed by atoms with Crippen LogP contribution in [-0.2, 0) is 0 Å². The van der Waals surface area contributed by atoms with Crippen molar-refractivity contribution in [2.45, 2.75) is 90.5 Å². The van der Waals surface area contributed by atoms with Crippen LogP contribution >= 0.6 is 0 Å². The Bertz CT molecular complexity index is 159. The second-order valence-electron chi connectivity index (χ2n) is 5.87. The molecule has 0 bridgehead atoms. The van der Waals surface area contributed by atoms with Crippen molar-refractivity contribution in [3.05, 3.63) is 0 Å².